The van der Waals surface area contributed by atoms with Gasteiger partial charge in [-0.3, -0.25) is 14.4 Å². The Morgan fingerprint density at radius 3 is 1.62 bits per heavy atom. The third-order valence-corrected chi connectivity index (χ3v) is 6.77. The van der Waals surface area contributed by atoms with Crippen molar-refractivity contribution < 1.29 is 28.7 Å². The number of carbonyl (C=O) groups excluding carboxylic acids is 4. The first kappa shape index (κ1) is 33.9. The summed E-state index contributed by atoms with van der Waals surface area (Å²) in [6.45, 7) is 7.67. The monoisotopic (exact) mass is 547 g/mol. The van der Waals surface area contributed by atoms with E-state index in [1.54, 1.807) is 0 Å². The minimum absolute atomic E-state index is 0.0394. The summed E-state index contributed by atoms with van der Waals surface area (Å²) in [5.41, 5.74) is 0.944. The molecule has 1 rings (SSSR count). The Labute approximate surface area is 234 Å². The highest BCUT2D eigenvalue weighted by Gasteiger charge is 2.15. The van der Waals surface area contributed by atoms with Gasteiger partial charge in [-0.15, -0.1) is 0 Å². The average molecular weight is 548 g/mol. The molecule has 1 aromatic rings. The van der Waals surface area contributed by atoms with Crippen molar-refractivity contribution in [2.24, 2.45) is 17.8 Å². The topological polar surface area (TPSA) is 123 Å². The molecule has 1 aromatic carbocycles. The Morgan fingerprint density at radius 2 is 1.13 bits per heavy atom. The molecular weight excluding hydrogens is 498 g/mol. The van der Waals surface area contributed by atoms with Crippen LogP contribution in [0.15, 0.2) is 30.3 Å². The maximum absolute atomic E-state index is 12.3. The lowest BCUT2D eigenvalue weighted by Crippen LogP contribution is -2.31. The summed E-state index contributed by atoms with van der Waals surface area (Å²) in [4.78, 5) is 47.7. The van der Waals surface area contributed by atoms with E-state index in [0.29, 0.717) is 19.6 Å². The summed E-state index contributed by atoms with van der Waals surface area (Å²) in [6.07, 6.45) is 6.87. The molecule has 39 heavy (non-hydrogen) atoms. The number of unbranched alkanes of at least 4 members (excludes halogenated alkanes) is 3. The van der Waals surface area contributed by atoms with Gasteiger partial charge in [-0.25, -0.2) is 4.79 Å². The van der Waals surface area contributed by atoms with E-state index in [2.05, 4.69) is 16.0 Å². The molecule has 0 aliphatic heterocycles. The first-order valence-electron chi connectivity index (χ1n) is 14.3. The smallest absolute Gasteiger partial charge is 0.407 e. The molecule has 0 saturated heterocycles. The molecule has 220 valence electrons. The van der Waals surface area contributed by atoms with E-state index in [9.17, 15) is 19.2 Å². The number of methoxy groups -OCH3 is 1. The van der Waals surface area contributed by atoms with Crippen LogP contribution in [0.5, 0.6) is 0 Å². The molecule has 0 saturated carbocycles. The number of rotatable bonds is 20. The lowest BCUT2D eigenvalue weighted by molar-refractivity contribution is -0.145. The maximum atomic E-state index is 12.3. The van der Waals surface area contributed by atoms with Gasteiger partial charge < -0.3 is 25.4 Å². The largest absolute Gasteiger partial charge is 0.469 e. The quantitative estimate of drug-likeness (QED) is 0.160. The normalized spacial score (nSPS) is 13.0. The van der Waals surface area contributed by atoms with E-state index in [-0.39, 0.29) is 42.1 Å². The number of amides is 3. The zero-order valence-electron chi connectivity index (χ0n) is 24.3. The van der Waals surface area contributed by atoms with Gasteiger partial charge in [-0.05, 0) is 44.1 Å². The van der Waals surface area contributed by atoms with Crippen molar-refractivity contribution in [3.05, 3.63) is 35.9 Å². The van der Waals surface area contributed by atoms with Crippen LogP contribution in [-0.2, 0) is 30.5 Å². The number of hydrogen-bond acceptors (Lipinski definition) is 6. The number of esters is 1. The Balaban J connectivity index is 2.00. The van der Waals surface area contributed by atoms with Crippen molar-refractivity contribution in [2.75, 3.05) is 26.7 Å². The highest BCUT2D eigenvalue weighted by molar-refractivity contribution is 5.78. The number of carbonyl (C=O) groups is 4. The Hall–Kier alpha value is -3.10. The second-order valence-corrected chi connectivity index (χ2v) is 10.3. The Kier molecular flexibility index (Phi) is 18.1. The molecule has 0 unspecified atom stereocenters. The third kappa shape index (κ3) is 16.5. The van der Waals surface area contributed by atoms with Gasteiger partial charge in [-0.1, -0.05) is 70.4 Å². The average Bonchev–Trinajstić information content (AvgIpc) is 2.94. The van der Waals surface area contributed by atoms with Gasteiger partial charge in [0.15, 0.2) is 0 Å². The summed E-state index contributed by atoms with van der Waals surface area (Å²) < 4.78 is 9.90. The molecular formula is C30H49N3O6. The van der Waals surface area contributed by atoms with Crippen LogP contribution in [0.4, 0.5) is 4.79 Å². The van der Waals surface area contributed by atoms with Crippen molar-refractivity contribution in [1.82, 2.24) is 16.0 Å². The summed E-state index contributed by atoms with van der Waals surface area (Å²) in [5.74, 6) is -0.376. The molecule has 0 aliphatic rings. The lowest BCUT2D eigenvalue weighted by Gasteiger charge is -2.14. The number of nitrogens with one attached hydrogen (secondary N) is 3. The van der Waals surface area contributed by atoms with E-state index in [1.807, 2.05) is 51.1 Å². The molecule has 3 amide bonds. The van der Waals surface area contributed by atoms with Crippen molar-refractivity contribution in [3.8, 4) is 0 Å². The molecule has 3 N–H and O–H groups in total. The van der Waals surface area contributed by atoms with Gasteiger partial charge in [0.25, 0.3) is 0 Å². The van der Waals surface area contributed by atoms with Gasteiger partial charge in [0.05, 0.1) is 13.0 Å². The SMILES string of the molecule is COC(=O)[C@@H](C)CCCCNC(=O)[C@@H](C)CCCCNC(=O)[C@@H](C)CCCCNC(=O)OCc1ccccc1. The van der Waals surface area contributed by atoms with E-state index in [1.165, 1.54) is 7.11 Å². The molecule has 0 aromatic heterocycles. The van der Waals surface area contributed by atoms with E-state index in [4.69, 9.17) is 9.47 Å². The molecule has 0 bridgehead atoms. The zero-order valence-corrected chi connectivity index (χ0v) is 24.3. The predicted molar refractivity (Wildman–Crippen MR) is 152 cm³/mol. The summed E-state index contributed by atoms with van der Waals surface area (Å²) in [7, 11) is 1.40. The maximum Gasteiger partial charge on any atom is 0.407 e. The summed E-state index contributed by atoms with van der Waals surface area (Å²) in [6, 6.07) is 9.53. The fourth-order valence-corrected chi connectivity index (χ4v) is 4.04. The van der Waals surface area contributed by atoms with Crippen LogP contribution in [0.3, 0.4) is 0 Å². The first-order valence-corrected chi connectivity index (χ1v) is 14.3. The van der Waals surface area contributed by atoms with Crippen LogP contribution in [0, 0.1) is 17.8 Å². The number of benzene rings is 1. The van der Waals surface area contributed by atoms with Gasteiger partial charge in [-0.2, -0.15) is 0 Å². The Bertz CT molecular complexity index is 848. The van der Waals surface area contributed by atoms with Gasteiger partial charge in [0, 0.05) is 31.5 Å². The van der Waals surface area contributed by atoms with Crippen molar-refractivity contribution in [2.45, 2.75) is 85.2 Å². The van der Waals surface area contributed by atoms with Gasteiger partial charge in [0.1, 0.15) is 6.61 Å². The minimum Gasteiger partial charge on any atom is -0.469 e. The molecule has 9 heteroatoms. The lowest BCUT2D eigenvalue weighted by atomic mass is 10.0. The van der Waals surface area contributed by atoms with Crippen LogP contribution >= 0.6 is 0 Å². The standard InChI is InChI=1S/C30H49N3O6/c1-23(27(34)32-20-12-10-16-25(3)29(36)38-4)14-8-11-19-31-28(35)24(2)15-9-13-21-33-30(37)39-22-26-17-6-5-7-18-26/h5-7,17-18,23-25H,8-16,19-22H2,1-4H3,(H,31,35)(H,32,34)(H,33,37)/t23-,24-,25-/m0/s1. The van der Waals surface area contributed by atoms with E-state index in [0.717, 1.165) is 63.4 Å². The van der Waals surface area contributed by atoms with Crippen molar-refractivity contribution >= 4 is 23.9 Å². The highest BCUT2D eigenvalue weighted by Crippen LogP contribution is 2.11. The molecule has 9 nitrogen and oxygen atoms in total. The van der Waals surface area contributed by atoms with E-state index < -0.39 is 6.09 Å². The molecule has 0 aliphatic carbocycles. The van der Waals surface area contributed by atoms with Crippen LogP contribution in [0.1, 0.15) is 84.1 Å². The summed E-state index contributed by atoms with van der Waals surface area (Å²) in [5, 5.41) is 8.69. The van der Waals surface area contributed by atoms with E-state index >= 15 is 0 Å². The van der Waals surface area contributed by atoms with Crippen molar-refractivity contribution in [1.29, 1.82) is 0 Å². The zero-order chi connectivity index (χ0) is 28.9. The number of alkyl carbamates (subject to hydrolysis) is 1. The molecule has 0 heterocycles. The molecule has 3 atom stereocenters. The summed E-state index contributed by atoms with van der Waals surface area (Å²) >= 11 is 0. The third-order valence-electron chi connectivity index (χ3n) is 6.77. The van der Waals surface area contributed by atoms with Crippen LogP contribution in [0.25, 0.3) is 0 Å². The second-order valence-electron chi connectivity index (χ2n) is 10.3. The van der Waals surface area contributed by atoms with Crippen LogP contribution < -0.4 is 16.0 Å². The second kappa shape index (κ2) is 20.8. The predicted octanol–water partition coefficient (Wildman–Crippen LogP) is 4.74. The number of ether oxygens (including phenoxy) is 2. The highest BCUT2D eigenvalue weighted by atomic mass is 16.5. The van der Waals surface area contributed by atoms with Crippen LogP contribution in [-0.4, -0.2) is 50.6 Å². The number of hydrogen-bond donors (Lipinski definition) is 3. The molecule has 0 spiro atoms. The van der Waals surface area contributed by atoms with Crippen LogP contribution in [0.2, 0.25) is 0 Å². The first-order chi connectivity index (χ1) is 18.7. The van der Waals surface area contributed by atoms with Gasteiger partial charge >= 0.3 is 12.1 Å². The minimum atomic E-state index is -0.432. The fourth-order valence-electron chi connectivity index (χ4n) is 4.04. The van der Waals surface area contributed by atoms with Gasteiger partial charge in [0.2, 0.25) is 11.8 Å². The fraction of sp³-hybridized carbons (Fsp3) is 0.667. The van der Waals surface area contributed by atoms with Crippen molar-refractivity contribution in [3.63, 3.8) is 0 Å². The molecule has 0 radical (unpaired) electrons. The molecule has 0 fully saturated rings. The Morgan fingerprint density at radius 1 is 0.667 bits per heavy atom.